The summed E-state index contributed by atoms with van der Waals surface area (Å²) in [6.45, 7) is 5.17. The Morgan fingerprint density at radius 3 is 2.11 bits per heavy atom. The third kappa shape index (κ3) is 7.26. The van der Waals surface area contributed by atoms with Gasteiger partial charge in [0, 0.05) is 39.6 Å². The Morgan fingerprint density at radius 1 is 1.00 bits per heavy atom. The average Bonchev–Trinajstić information content (AvgIpc) is 2.40. The van der Waals surface area contributed by atoms with Crippen LogP contribution < -0.4 is 0 Å². The van der Waals surface area contributed by atoms with Crippen LogP contribution in [0.2, 0.25) is 6.04 Å². The van der Waals surface area contributed by atoms with Crippen LogP contribution in [-0.4, -0.2) is 42.4 Å². The van der Waals surface area contributed by atoms with Gasteiger partial charge in [0.1, 0.15) is 0 Å². The van der Waals surface area contributed by atoms with Crippen molar-refractivity contribution in [2.45, 2.75) is 52.0 Å². The zero-order valence-electron chi connectivity index (χ0n) is 12.6. The number of unbranched alkanes of at least 4 members (excludes halogenated alkanes) is 2. The largest absolute Gasteiger partial charge is 0.500 e. The van der Waals surface area contributed by atoms with Crippen LogP contribution in [0.5, 0.6) is 0 Å². The number of hydrogen-bond donors (Lipinski definition) is 0. The van der Waals surface area contributed by atoms with E-state index in [1.807, 2.05) is 0 Å². The second-order valence-corrected chi connectivity index (χ2v) is 7.56. The molecule has 0 atom stereocenters. The number of hydrogen-bond acceptors (Lipinski definition) is 4. The Labute approximate surface area is 113 Å². The summed E-state index contributed by atoms with van der Waals surface area (Å²) in [5.74, 6) is 0. The minimum absolute atomic E-state index is 0.822. The minimum Gasteiger partial charge on any atom is -0.377 e. The highest BCUT2D eigenvalue weighted by atomic mass is 28.4. The maximum Gasteiger partial charge on any atom is 0.500 e. The Hall–Kier alpha value is -0.233. The molecule has 0 unspecified atom stereocenters. The molecule has 0 radical (unpaired) electrons. The average molecular weight is 275 g/mol. The molecule has 0 aromatic rings. The van der Waals surface area contributed by atoms with Crippen LogP contribution in [0, 0.1) is 0 Å². The first-order valence-corrected chi connectivity index (χ1v) is 8.72. The first kappa shape index (κ1) is 17.8. The van der Waals surface area contributed by atoms with E-state index in [1.165, 1.54) is 25.0 Å². The van der Waals surface area contributed by atoms with Gasteiger partial charge < -0.3 is 13.3 Å². The highest BCUT2D eigenvalue weighted by Gasteiger charge is 2.36. The molecule has 18 heavy (non-hydrogen) atoms. The Balaban J connectivity index is 3.85. The highest BCUT2D eigenvalue weighted by molar-refractivity contribution is 6.60. The molecule has 0 spiro atoms. The van der Waals surface area contributed by atoms with E-state index >= 15 is 0 Å². The van der Waals surface area contributed by atoms with Crippen LogP contribution in [0.3, 0.4) is 0 Å². The zero-order chi connectivity index (χ0) is 13.9. The van der Waals surface area contributed by atoms with Gasteiger partial charge in [0.05, 0.1) is 0 Å². The zero-order valence-corrected chi connectivity index (χ0v) is 13.6. The molecule has 0 N–H and O–H groups in total. The first-order valence-electron chi connectivity index (χ1n) is 6.79. The number of nitrogens with zero attached hydrogens (tertiary/aromatic N) is 1. The van der Waals surface area contributed by atoms with Crippen molar-refractivity contribution in [1.29, 1.82) is 0 Å². The van der Waals surface area contributed by atoms with Gasteiger partial charge in [0.2, 0.25) is 0 Å². The molecule has 0 saturated carbocycles. The second kappa shape index (κ2) is 10.7. The summed E-state index contributed by atoms with van der Waals surface area (Å²) in [4.78, 5) is 4.57. The molecule has 0 saturated heterocycles. The lowest BCUT2D eigenvalue weighted by Gasteiger charge is -2.23. The minimum atomic E-state index is -2.39. The quantitative estimate of drug-likeness (QED) is 0.330. The van der Waals surface area contributed by atoms with E-state index in [4.69, 9.17) is 13.3 Å². The second-order valence-electron chi connectivity index (χ2n) is 4.47. The fourth-order valence-electron chi connectivity index (χ4n) is 1.83. The van der Waals surface area contributed by atoms with Crippen molar-refractivity contribution in [1.82, 2.24) is 0 Å². The smallest absolute Gasteiger partial charge is 0.377 e. The summed E-state index contributed by atoms with van der Waals surface area (Å²) in [5, 5.41) is 0. The van der Waals surface area contributed by atoms with E-state index in [0.29, 0.717) is 0 Å². The molecule has 5 heteroatoms. The maximum absolute atomic E-state index is 5.37. The summed E-state index contributed by atoms with van der Waals surface area (Å²) < 4.78 is 16.1. The standard InChI is InChI=1S/C13H29NO3Si/c1-6-7-8-10-13(2)14-11-9-12-18(15-3,16-4)17-5/h6-12H2,1-5H3. The molecule has 108 valence electrons. The Kier molecular flexibility index (Phi) is 10.5. The van der Waals surface area contributed by atoms with Gasteiger partial charge in [-0.15, -0.1) is 0 Å². The van der Waals surface area contributed by atoms with Crippen LogP contribution in [0.15, 0.2) is 4.99 Å². The third-order valence-electron chi connectivity index (χ3n) is 3.10. The monoisotopic (exact) mass is 275 g/mol. The predicted molar refractivity (Wildman–Crippen MR) is 78.3 cm³/mol. The maximum atomic E-state index is 5.37. The van der Waals surface area contributed by atoms with Crippen LogP contribution in [0.4, 0.5) is 0 Å². The molecule has 0 aliphatic heterocycles. The van der Waals surface area contributed by atoms with Crippen molar-refractivity contribution >= 4 is 14.5 Å². The van der Waals surface area contributed by atoms with Crippen molar-refractivity contribution in [2.24, 2.45) is 4.99 Å². The lowest BCUT2D eigenvalue weighted by Crippen LogP contribution is -2.42. The fourth-order valence-corrected chi connectivity index (χ4v) is 3.54. The number of aliphatic imine (C=N–C) groups is 1. The molecule has 0 aliphatic carbocycles. The van der Waals surface area contributed by atoms with Gasteiger partial charge in [-0.2, -0.15) is 0 Å². The highest BCUT2D eigenvalue weighted by Crippen LogP contribution is 2.14. The molecule has 0 aromatic heterocycles. The molecule has 0 aliphatic rings. The van der Waals surface area contributed by atoms with Crippen LogP contribution in [-0.2, 0) is 13.3 Å². The molecule has 0 bridgehead atoms. The van der Waals surface area contributed by atoms with E-state index in [0.717, 1.165) is 25.4 Å². The van der Waals surface area contributed by atoms with Gasteiger partial charge in [-0.05, 0) is 26.2 Å². The number of rotatable bonds is 11. The SMILES string of the molecule is CCCCCC(C)=NCCC[Si](OC)(OC)OC. The first-order chi connectivity index (χ1) is 8.64. The molecule has 0 heterocycles. The summed E-state index contributed by atoms with van der Waals surface area (Å²) in [6.07, 6.45) is 5.87. The van der Waals surface area contributed by atoms with Gasteiger partial charge in [-0.3, -0.25) is 4.99 Å². The molecular formula is C13H29NO3Si. The van der Waals surface area contributed by atoms with E-state index in [9.17, 15) is 0 Å². The van der Waals surface area contributed by atoms with E-state index < -0.39 is 8.80 Å². The Morgan fingerprint density at radius 2 is 1.61 bits per heavy atom. The molecule has 0 aromatic carbocycles. The van der Waals surface area contributed by atoms with Gasteiger partial charge in [-0.1, -0.05) is 19.8 Å². The van der Waals surface area contributed by atoms with E-state index in [2.05, 4.69) is 18.8 Å². The summed E-state index contributed by atoms with van der Waals surface area (Å²) in [5.41, 5.74) is 1.25. The van der Waals surface area contributed by atoms with Crippen molar-refractivity contribution in [3.05, 3.63) is 0 Å². The van der Waals surface area contributed by atoms with Crippen LogP contribution in [0.25, 0.3) is 0 Å². The molecule has 0 rings (SSSR count). The van der Waals surface area contributed by atoms with Crippen LogP contribution >= 0.6 is 0 Å². The van der Waals surface area contributed by atoms with Crippen molar-refractivity contribution in [3.63, 3.8) is 0 Å². The summed E-state index contributed by atoms with van der Waals surface area (Å²) in [7, 11) is 2.56. The predicted octanol–water partition coefficient (Wildman–Crippen LogP) is 3.30. The molecular weight excluding hydrogens is 246 g/mol. The summed E-state index contributed by atoms with van der Waals surface area (Å²) >= 11 is 0. The fraction of sp³-hybridized carbons (Fsp3) is 0.923. The lowest BCUT2D eigenvalue weighted by atomic mass is 10.1. The van der Waals surface area contributed by atoms with Crippen molar-refractivity contribution < 1.29 is 13.3 Å². The topological polar surface area (TPSA) is 40.0 Å². The normalized spacial score (nSPS) is 13.1. The van der Waals surface area contributed by atoms with E-state index in [-0.39, 0.29) is 0 Å². The molecule has 0 fully saturated rings. The molecule has 0 amide bonds. The third-order valence-corrected chi connectivity index (χ3v) is 5.93. The molecule has 4 nitrogen and oxygen atoms in total. The van der Waals surface area contributed by atoms with Crippen LogP contribution in [0.1, 0.15) is 46.0 Å². The van der Waals surface area contributed by atoms with Gasteiger partial charge >= 0.3 is 8.80 Å². The van der Waals surface area contributed by atoms with E-state index in [1.54, 1.807) is 21.3 Å². The summed E-state index contributed by atoms with van der Waals surface area (Å²) in [6, 6.07) is 0.822. The Bertz CT molecular complexity index is 222. The van der Waals surface area contributed by atoms with Gasteiger partial charge in [0.25, 0.3) is 0 Å². The van der Waals surface area contributed by atoms with Crippen molar-refractivity contribution in [3.8, 4) is 0 Å². The lowest BCUT2D eigenvalue weighted by molar-refractivity contribution is 0.123. The van der Waals surface area contributed by atoms with Crippen molar-refractivity contribution in [2.75, 3.05) is 27.9 Å². The van der Waals surface area contributed by atoms with Gasteiger partial charge in [-0.25, -0.2) is 0 Å². The van der Waals surface area contributed by atoms with Gasteiger partial charge in [0.15, 0.2) is 0 Å².